The molecule has 0 saturated carbocycles. The summed E-state index contributed by atoms with van der Waals surface area (Å²) >= 11 is 0. The first-order chi connectivity index (χ1) is 10.6. The lowest BCUT2D eigenvalue weighted by Crippen LogP contribution is -2.55. The average Bonchev–Trinajstić information content (AvgIpc) is 2.53. The van der Waals surface area contributed by atoms with E-state index in [1.165, 1.54) is 0 Å². The Labute approximate surface area is 130 Å². The van der Waals surface area contributed by atoms with E-state index in [1.807, 2.05) is 31.2 Å². The molecule has 5 atom stereocenters. The third-order valence-electron chi connectivity index (χ3n) is 4.58. The summed E-state index contributed by atoms with van der Waals surface area (Å²) in [4.78, 5) is 11.6. The number of carbonyl (C=O) groups is 1. The third-order valence-corrected chi connectivity index (χ3v) is 4.58. The summed E-state index contributed by atoms with van der Waals surface area (Å²) in [5.41, 5.74) is 1.09. The molecule has 0 aliphatic carbocycles. The van der Waals surface area contributed by atoms with Crippen molar-refractivity contribution in [3.63, 3.8) is 0 Å². The molecule has 0 radical (unpaired) electrons. The van der Waals surface area contributed by atoms with Gasteiger partial charge < -0.3 is 18.9 Å². The maximum absolute atomic E-state index is 11.6. The second kappa shape index (κ2) is 6.26. The van der Waals surface area contributed by atoms with Gasteiger partial charge in [0.05, 0.1) is 32.3 Å². The van der Waals surface area contributed by atoms with Crippen molar-refractivity contribution in [2.45, 2.75) is 45.4 Å². The predicted molar refractivity (Wildman–Crippen MR) is 79.3 cm³/mol. The normalized spacial score (nSPS) is 34.1. The van der Waals surface area contributed by atoms with Crippen LogP contribution in [0.25, 0.3) is 0 Å². The average molecular weight is 306 g/mol. The molecule has 0 spiro atoms. The molecule has 2 bridgehead atoms. The summed E-state index contributed by atoms with van der Waals surface area (Å²) in [6, 6.07) is 7.83. The summed E-state index contributed by atoms with van der Waals surface area (Å²) in [5, 5.41) is 0. The lowest BCUT2D eigenvalue weighted by Gasteiger charge is -2.46. The fourth-order valence-electron chi connectivity index (χ4n) is 3.19. The monoisotopic (exact) mass is 306 g/mol. The Bertz CT molecular complexity index is 506. The van der Waals surface area contributed by atoms with E-state index in [0.717, 1.165) is 11.3 Å². The molecule has 2 aliphatic rings. The number of ether oxygens (including phenoxy) is 4. The zero-order valence-electron chi connectivity index (χ0n) is 13.2. The van der Waals surface area contributed by atoms with Crippen LogP contribution >= 0.6 is 0 Å². The number of fused-ring (bicyclic) bond motifs is 2. The van der Waals surface area contributed by atoms with Crippen molar-refractivity contribution in [3.8, 4) is 5.75 Å². The van der Waals surface area contributed by atoms with Gasteiger partial charge in [0.2, 0.25) is 6.29 Å². The standard InChI is InChI=1S/C17H22O5/c1-10-14-8-15(18)22-17(21-14)11(2)16(10)20-9-12-4-6-13(19-3)7-5-12/h4-7,10-11,14,16-17H,8-9H2,1-3H3/t10-,11-,14+,16-,17-/m1/s1. The fourth-order valence-corrected chi connectivity index (χ4v) is 3.19. The van der Waals surface area contributed by atoms with Crippen LogP contribution in [0.15, 0.2) is 24.3 Å². The first kappa shape index (κ1) is 15.3. The smallest absolute Gasteiger partial charge is 0.310 e. The maximum Gasteiger partial charge on any atom is 0.310 e. The number of hydrogen-bond acceptors (Lipinski definition) is 5. The summed E-state index contributed by atoms with van der Waals surface area (Å²) in [6.45, 7) is 4.61. The van der Waals surface area contributed by atoms with Gasteiger partial charge in [-0.2, -0.15) is 0 Å². The van der Waals surface area contributed by atoms with Crippen LogP contribution in [0.1, 0.15) is 25.8 Å². The molecule has 1 aromatic rings. The molecule has 120 valence electrons. The van der Waals surface area contributed by atoms with Crippen molar-refractivity contribution < 1.29 is 23.7 Å². The van der Waals surface area contributed by atoms with Crippen LogP contribution in [0.3, 0.4) is 0 Å². The molecule has 5 nitrogen and oxygen atoms in total. The van der Waals surface area contributed by atoms with E-state index in [1.54, 1.807) is 7.11 Å². The number of esters is 1. The van der Waals surface area contributed by atoms with Crippen LogP contribution < -0.4 is 4.74 Å². The molecular weight excluding hydrogens is 284 g/mol. The van der Waals surface area contributed by atoms with E-state index in [9.17, 15) is 4.79 Å². The van der Waals surface area contributed by atoms with Gasteiger partial charge in [0.15, 0.2) is 0 Å². The number of carbonyl (C=O) groups excluding carboxylic acids is 1. The van der Waals surface area contributed by atoms with Crippen LogP contribution in [0.5, 0.6) is 5.75 Å². The molecule has 2 heterocycles. The lowest BCUT2D eigenvalue weighted by molar-refractivity contribution is -0.285. The zero-order valence-corrected chi connectivity index (χ0v) is 13.2. The van der Waals surface area contributed by atoms with Gasteiger partial charge in [0.1, 0.15) is 5.75 Å². The van der Waals surface area contributed by atoms with Gasteiger partial charge in [-0.3, -0.25) is 4.79 Å². The quantitative estimate of drug-likeness (QED) is 0.800. The van der Waals surface area contributed by atoms with Gasteiger partial charge in [-0.25, -0.2) is 0 Å². The highest BCUT2D eigenvalue weighted by atomic mass is 16.7. The van der Waals surface area contributed by atoms with Crippen LogP contribution in [0, 0.1) is 11.8 Å². The molecule has 1 aromatic carbocycles. The number of methoxy groups -OCH3 is 1. The summed E-state index contributed by atoms with van der Waals surface area (Å²) in [5.74, 6) is 0.845. The van der Waals surface area contributed by atoms with E-state index < -0.39 is 6.29 Å². The van der Waals surface area contributed by atoms with Crippen molar-refractivity contribution >= 4 is 5.97 Å². The lowest BCUT2D eigenvalue weighted by atomic mass is 9.83. The van der Waals surface area contributed by atoms with Crippen LogP contribution in [-0.2, 0) is 25.6 Å². The highest BCUT2D eigenvalue weighted by Crippen LogP contribution is 2.37. The molecular formula is C17H22O5. The predicted octanol–water partition coefficient (Wildman–Crippen LogP) is 2.52. The number of rotatable bonds is 4. The van der Waals surface area contributed by atoms with Gasteiger partial charge >= 0.3 is 5.97 Å². The minimum absolute atomic E-state index is 0.0129. The van der Waals surface area contributed by atoms with Gasteiger partial charge in [-0.05, 0) is 17.7 Å². The largest absolute Gasteiger partial charge is 0.497 e. The summed E-state index contributed by atoms with van der Waals surface area (Å²) in [6.07, 6.45) is -0.266. The van der Waals surface area contributed by atoms with Crippen molar-refractivity contribution in [2.75, 3.05) is 7.11 Å². The minimum Gasteiger partial charge on any atom is -0.497 e. The van der Waals surface area contributed by atoms with Crippen molar-refractivity contribution in [2.24, 2.45) is 11.8 Å². The van der Waals surface area contributed by atoms with E-state index in [2.05, 4.69) is 6.92 Å². The maximum atomic E-state index is 11.6. The minimum atomic E-state index is -0.483. The van der Waals surface area contributed by atoms with Crippen molar-refractivity contribution in [3.05, 3.63) is 29.8 Å². The van der Waals surface area contributed by atoms with Gasteiger partial charge in [-0.15, -0.1) is 0 Å². The Hall–Kier alpha value is -1.59. The molecule has 3 rings (SSSR count). The first-order valence-electron chi connectivity index (χ1n) is 7.68. The molecule has 5 heteroatoms. The van der Waals surface area contributed by atoms with E-state index in [-0.39, 0.29) is 30.0 Å². The molecule has 0 aromatic heterocycles. The van der Waals surface area contributed by atoms with Crippen LogP contribution in [-0.4, -0.2) is 31.6 Å². The molecule has 2 fully saturated rings. The number of benzene rings is 1. The molecule has 2 aliphatic heterocycles. The Morgan fingerprint density at radius 3 is 2.59 bits per heavy atom. The molecule has 0 N–H and O–H groups in total. The van der Waals surface area contributed by atoms with Crippen molar-refractivity contribution in [1.29, 1.82) is 0 Å². The highest BCUT2D eigenvalue weighted by molar-refractivity contribution is 5.70. The first-order valence-corrected chi connectivity index (χ1v) is 7.68. The SMILES string of the molecule is COc1ccc(CO[C@H]2[C@@H](C)[C@H]3OC(=O)C[C@H](O3)[C@H]2C)cc1. The Balaban J connectivity index is 1.64. The van der Waals surface area contributed by atoms with E-state index in [4.69, 9.17) is 18.9 Å². The Morgan fingerprint density at radius 2 is 1.91 bits per heavy atom. The summed E-state index contributed by atoms with van der Waals surface area (Å²) < 4.78 is 22.3. The third kappa shape index (κ3) is 2.96. The topological polar surface area (TPSA) is 54.0 Å². The van der Waals surface area contributed by atoms with Crippen molar-refractivity contribution in [1.82, 2.24) is 0 Å². The second-order valence-electron chi connectivity index (χ2n) is 6.08. The number of hydrogen-bond donors (Lipinski definition) is 0. The summed E-state index contributed by atoms with van der Waals surface area (Å²) in [7, 11) is 1.65. The highest BCUT2D eigenvalue weighted by Gasteiger charge is 2.47. The van der Waals surface area contributed by atoms with E-state index >= 15 is 0 Å². The molecule has 22 heavy (non-hydrogen) atoms. The zero-order chi connectivity index (χ0) is 15.7. The Kier molecular flexibility index (Phi) is 4.36. The second-order valence-corrected chi connectivity index (χ2v) is 6.08. The van der Waals surface area contributed by atoms with E-state index in [0.29, 0.717) is 13.0 Å². The van der Waals surface area contributed by atoms with Gasteiger partial charge in [0, 0.05) is 11.8 Å². The van der Waals surface area contributed by atoms with Crippen LogP contribution in [0.2, 0.25) is 0 Å². The van der Waals surface area contributed by atoms with Gasteiger partial charge in [0.25, 0.3) is 0 Å². The fraction of sp³-hybridized carbons (Fsp3) is 0.588. The van der Waals surface area contributed by atoms with Crippen LogP contribution in [0.4, 0.5) is 0 Å². The Morgan fingerprint density at radius 1 is 1.18 bits per heavy atom. The molecule has 0 amide bonds. The van der Waals surface area contributed by atoms with Gasteiger partial charge in [-0.1, -0.05) is 26.0 Å². The molecule has 2 saturated heterocycles. The molecule has 0 unspecified atom stereocenters.